The molecule has 1 aromatic heterocycles. The summed E-state index contributed by atoms with van der Waals surface area (Å²) < 4.78 is 25.2. The third kappa shape index (κ3) is 4.11. The highest BCUT2D eigenvalue weighted by Crippen LogP contribution is 2.49. The number of rotatable bonds is 5. The van der Waals surface area contributed by atoms with Crippen molar-refractivity contribution in [2.45, 2.75) is 18.3 Å². The highest BCUT2D eigenvalue weighted by Gasteiger charge is 2.46. The molecule has 1 saturated carbocycles. The van der Waals surface area contributed by atoms with Crippen LogP contribution >= 0.6 is 0 Å². The Labute approximate surface area is 205 Å². The lowest BCUT2D eigenvalue weighted by molar-refractivity contribution is 0.0699. The van der Waals surface area contributed by atoms with Crippen LogP contribution in [0, 0.1) is 11.3 Å². The first-order chi connectivity index (χ1) is 16.8. The molecule has 1 amide bonds. The van der Waals surface area contributed by atoms with Crippen molar-refractivity contribution in [2.24, 2.45) is 0 Å². The third-order valence-corrected chi connectivity index (χ3v) is 8.34. The SMILES string of the molecule is C=Cc1cc(-c2c(C(=O)N3CCN(S(C)(=O)=O)CC3)cnc3ccccc23)ccc1C1(C#N)CC1. The summed E-state index contributed by atoms with van der Waals surface area (Å²) >= 11 is 0. The van der Waals surface area contributed by atoms with Crippen molar-refractivity contribution >= 4 is 32.9 Å². The van der Waals surface area contributed by atoms with Crippen LogP contribution in [0.5, 0.6) is 0 Å². The molecule has 178 valence electrons. The first kappa shape index (κ1) is 23.2. The minimum atomic E-state index is -3.29. The second-order valence-corrected chi connectivity index (χ2v) is 11.2. The van der Waals surface area contributed by atoms with E-state index in [9.17, 15) is 18.5 Å². The predicted octanol–water partition coefficient (Wildman–Crippen LogP) is 3.82. The van der Waals surface area contributed by atoms with Gasteiger partial charge >= 0.3 is 0 Å². The minimum Gasteiger partial charge on any atom is -0.336 e. The van der Waals surface area contributed by atoms with Crippen LogP contribution in [0.1, 0.15) is 34.3 Å². The number of carbonyl (C=O) groups is 1. The predicted molar refractivity (Wildman–Crippen MR) is 136 cm³/mol. The molecule has 2 aliphatic rings. The van der Waals surface area contributed by atoms with Gasteiger partial charge in [-0.2, -0.15) is 9.57 Å². The van der Waals surface area contributed by atoms with E-state index >= 15 is 0 Å². The summed E-state index contributed by atoms with van der Waals surface area (Å²) in [6.45, 7) is 5.15. The molecule has 3 aromatic rings. The number of nitrogens with zero attached hydrogens (tertiary/aromatic N) is 4. The van der Waals surface area contributed by atoms with Crippen molar-refractivity contribution in [3.05, 3.63) is 71.9 Å². The maximum Gasteiger partial charge on any atom is 0.256 e. The minimum absolute atomic E-state index is 0.175. The van der Waals surface area contributed by atoms with E-state index < -0.39 is 15.4 Å². The number of fused-ring (bicyclic) bond motifs is 1. The number of sulfonamides is 1. The molecule has 0 radical (unpaired) electrons. The van der Waals surface area contributed by atoms with Crippen LogP contribution in [-0.4, -0.2) is 60.9 Å². The van der Waals surface area contributed by atoms with Crippen molar-refractivity contribution in [1.82, 2.24) is 14.2 Å². The zero-order chi connectivity index (χ0) is 24.8. The van der Waals surface area contributed by atoms with Crippen LogP contribution in [0.2, 0.25) is 0 Å². The summed E-state index contributed by atoms with van der Waals surface area (Å²) in [6.07, 6.45) is 6.25. The van der Waals surface area contributed by atoms with Gasteiger partial charge in [-0.15, -0.1) is 0 Å². The Morgan fingerprint density at radius 1 is 1.14 bits per heavy atom. The van der Waals surface area contributed by atoms with Crippen LogP contribution in [0.25, 0.3) is 28.1 Å². The van der Waals surface area contributed by atoms with Gasteiger partial charge in [0.05, 0.1) is 28.8 Å². The van der Waals surface area contributed by atoms with Gasteiger partial charge in [0, 0.05) is 43.3 Å². The summed E-state index contributed by atoms with van der Waals surface area (Å²) in [5, 5.41) is 10.6. The van der Waals surface area contributed by atoms with Gasteiger partial charge in [-0.3, -0.25) is 9.78 Å². The van der Waals surface area contributed by atoms with E-state index in [-0.39, 0.29) is 19.0 Å². The Morgan fingerprint density at radius 3 is 2.49 bits per heavy atom. The summed E-state index contributed by atoms with van der Waals surface area (Å²) in [5.74, 6) is -0.175. The molecule has 0 unspecified atom stereocenters. The van der Waals surface area contributed by atoms with E-state index in [0.717, 1.165) is 46.0 Å². The molecule has 5 rings (SSSR count). The lowest BCUT2D eigenvalue weighted by Gasteiger charge is -2.33. The maximum atomic E-state index is 13.7. The van der Waals surface area contributed by atoms with Gasteiger partial charge in [-0.1, -0.05) is 43.0 Å². The molecule has 0 bridgehead atoms. The zero-order valence-corrected chi connectivity index (χ0v) is 20.4. The van der Waals surface area contributed by atoms with Crippen molar-refractivity contribution in [2.75, 3.05) is 32.4 Å². The van der Waals surface area contributed by atoms with Gasteiger partial charge in [0.1, 0.15) is 0 Å². The highest BCUT2D eigenvalue weighted by molar-refractivity contribution is 7.88. The Morgan fingerprint density at radius 2 is 1.86 bits per heavy atom. The molecule has 0 atom stereocenters. The number of aromatic nitrogens is 1. The number of hydrogen-bond acceptors (Lipinski definition) is 5. The number of amides is 1. The summed E-state index contributed by atoms with van der Waals surface area (Å²) in [7, 11) is -3.29. The quantitative estimate of drug-likeness (QED) is 0.547. The molecule has 0 spiro atoms. The molecule has 1 aliphatic carbocycles. The average Bonchev–Trinajstić information content (AvgIpc) is 3.68. The average molecular weight is 487 g/mol. The Kier molecular flexibility index (Phi) is 5.70. The fourth-order valence-corrected chi connectivity index (χ4v) is 5.72. The van der Waals surface area contributed by atoms with Crippen LogP contribution in [0.4, 0.5) is 0 Å². The van der Waals surface area contributed by atoms with Gasteiger partial charge in [0.2, 0.25) is 10.0 Å². The summed E-state index contributed by atoms with van der Waals surface area (Å²) in [5.41, 5.74) is 4.31. The van der Waals surface area contributed by atoms with E-state index in [1.165, 1.54) is 10.6 Å². The van der Waals surface area contributed by atoms with Crippen LogP contribution in [0.15, 0.2) is 55.2 Å². The molecule has 7 nitrogen and oxygen atoms in total. The molecule has 0 N–H and O–H groups in total. The Balaban J connectivity index is 1.59. The van der Waals surface area contributed by atoms with Crippen LogP contribution in [-0.2, 0) is 15.4 Å². The third-order valence-electron chi connectivity index (χ3n) is 7.04. The van der Waals surface area contributed by atoms with Crippen molar-refractivity contribution in [3.63, 3.8) is 0 Å². The van der Waals surface area contributed by atoms with Crippen LogP contribution < -0.4 is 0 Å². The molecule has 2 aromatic carbocycles. The standard InChI is InChI=1S/C27H26N4O3S/c1-3-19-16-20(8-9-23(19)27(18-28)10-11-27)25-21-6-4-5-7-24(21)29-17-22(25)26(32)30-12-14-31(15-13-30)35(2,33)34/h3-9,16-17H,1,10-15H2,2H3. The Bertz CT molecular complexity index is 1490. The van der Waals surface area contributed by atoms with Gasteiger partial charge in [-0.25, -0.2) is 8.42 Å². The maximum absolute atomic E-state index is 13.7. The fraction of sp³-hybridized carbons (Fsp3) is 0.296. The monoisotopic (exact) mass is 486 g/mol. The van der Waals surface area contributed by atoms with Crippen molar-refractivity contribution < 1.29 is 13.2 Å². The summed E-state index contributed by atoms with van der Waals surface area (Å²) in [4.78, 5) is 19.9. The number of pyridine rings is 1. The molecule has 2 heterocycles. The van der Waals surface area contributed by atoms with E-state index in [0.29, 0.717) is 18.7 Å². The highest BCUT2D eigenvalue weighted by atomic mass is 32.2. The summed E-state index contributed by atoms with van der Waals surface area (Å²) in [6, 6.07) is 16.1. The lowest BCUT2D eigenvalue weighted by atomic mass is 9.88. The second kappa shape index (κ2) is 8.59. The normalized spacial score (nSPS) is 17.7. The zero-order valence-electron chi connectivity index (χ0n) is 19.6. The number of carbonyl (C=O) groups excluding carboxylic acids is 1. The molecular formula is C27H26N4O3S. The molecule has 1 aliphatic heterocycles. The van der Waals surface area contributed by atoms with E-state index in [4.69, 9.17) is 0 Å². The lowest BCUT2D eigenvalue weighted by Crippen LogP contribution is -2.50. The van der Waals surface area contributed by atoms with E-state index in [1.54, 1.807) is 17.2 Å². The molecular weight excluding hydrogens is 460 g/mol. The number of benzene rings is 2. The Hall–Kier alpha value is -3.54. The number of nitriles is 1. The van der Waals surface area contributed by atoms with Crippen LogP contribution in [0.3, 0.4) is 0 Å². The number of piperazine rings is 1. The first-order valence-corrected chi connectivity index (χ1v) is 13.4. The topological polar surface area (TPSA) is 94.4 Å². The van der Waals surface area contributed by atoms with Gasteiger partial charge in [-0.05, 0) is 41.7 Å². The van der Waals surface area contributed by atoms with E-state index in [1.807, 2.05) is 42.5 Å². The largest absolute Gasteiger partial charge is 0.336 e. The fourth-order valence-electron chi connectivity index (χ4n) is 4.90. The number of para-hydroxylation sites is 1. The molecule has 8 heteroatoms. The smallest absolute Gasteiger partial charge is 0.256 e. The van der Waals surface area contributed by atoms with E-state index in [2.05, 4.69) is 17.6 Å². The van der Waals surface area contributed by atoms with Crippen molar-refractivity contribution in [3.8, 4) is 17.2 Å². The molecule has 35 heavy (non-hydrogen) atoms. The van der Waals surface area contributed by atoms with Gasteiger partial charge in [0.15, 0.2) is 0 Å². The number of hydrogen-bond donors (Lipinski definition) is 0. The van der Waals surface area contributed by atoms with Gasteiger partial charge in [0.25, 0.3) is 5.91 Å². The first-order valence-electron chi connectivity index (χ1n) is 11.6. The molecule has 1 saturated heterocycles. The van der Waals surface area contributed by atoms with Gasteiger partial charge < -0.3 is 4.90 Å². The van der Waals surface area contributed by atoms with Crippen molar-refractivity contribution in [1.29, 1.82) is 5.26 Å². The molecule has 2 fully saturated rings. The second-order valence-electron chi connectivity index (χ2n) is 9.22.